The van der Waals surface area contributed by atoms with Crippen LogP contribution in [0.4, 0.5) is 95.1 Å². The first kappa shape index (κ1) is 73.6. The first-order valence-corrected chi connectivity index (χ1v) is 33.4. The number of anilines is 12. The van der Waals surface area contributed by atoms with Crippen molar-refractivity contribution in [2.24, 2.45) is 0 Å². The number of halogens is 6. The zero-order valence-electron chi connectivity index (χ0n) is 59.0. The Morgan fingerprint density at radius 3 is 1.02 bits per heavy atom. The van der Waals surface area contributed by atoms with Gasteiger partial charge in [0.15, 0.2) is 0 Å². The van der Waals surface area contributed by atoms with E-state index in [-0.39, 0.29) is 63.9 Å². The van der Waals surface area contributed by atoms with Crippen LogP contribution in [0, 0.1) is 80.3 Å². The van der Waals surface area contributed by atoms with Crippen LogP contribution in [0.5, 0.6) is 0 Å². The first-order valence-electron chi connectivity index (χ1n) is 33.4. The summed E-state index contributed by atoms with van der Waals surface area (Å²) in [4.78, 5) is 48.1. The van der Waals surface area contributed by atoms with E-state index in [1.807, 2.05) is 102 Å². The van der Waals surface area contributed by atoms with Crippen molar-refractivity contribution in [2.75, 3.05) is 67.4 Å². The largest absolute Gasteiger partial charge is 4.00 e. The third kappa shape index (κ3) is 14.1. The van der Waals surface area contributed by atoms with Gasteiger partial charge >= 0.3 is 54.5 Å². The summed E-state index contributed by atoms with van der Waals surface area (Å²) in [5.41, 5.74) is 21.0. The van der Waals surface area contributed by atoms with Gasteiger partial charge in [0, 0.05) is 59.9 Å². The molecule has 0 fully saturated rings. The molecular weight excluding hydrogens is 1710 g/mol. The Hall–Kier alpha value is -10.8. The van der Waals surface area contributed by atoms with E-state index in [9.17, 15) is 26.3 Å². The van der Waals surface area contributed by atoms with Crippen LogP contribution >= 0.6 is 0 Å². The van der Waals surface area contributed by atoms with Gasteiger partial charge in [0.05, 0.1) is 11.1 Å². The number of aromatic nitrogens is 7. The molecule has 18 rings (SSSR count). The average Bonchev–Trinajstić information content (AvgIpc) is 1.62. The molecule has 11 heterocycles. The zero-order valence-corrected chi connectivity index (χ0v) is 63.5. The van der Waals surface area contributed by atoms with Crippen LogP contribution in [0.2, 0.25) is 0 Å². The number of pyridine rings is 5. The maximum absolute atomic E-state index is 12.7. The number of benzene rings is 7. The molecule has 0 radical (unpaired) electrons. The summed E-state index contributed by atoms with van der Waals surface area (Å²) in [6.07, 6.45) is 1.83. The quantitative estimate of drug-likeness (QED) is 0.116. The second-order valence-electron chi connectivity index (χ2n) is 26.2. The predicted octanol–water partition coefficient (Wildman–Crippen LogP) is 19.9. The normalized spacial score (nSPS) is 13.6. The van der Waals surface area contributed by atoms with Gasteiger partial charge in [0.2, 0.25) is 0 Å². The smallest absolute Gasteiger partial charge is 0.657 e. The van der Waals surface area contributed by atoms with Crippen LogP contribution in [0.15, 0.2) is 201 Å². The molecule has 23 heteroatoms. The molecule has 0 spiro atoms. The van der Waals surface area contributed by atoms with Gasteiger partial charge in [-0.2, -0.15) is 53.0 Å². The van der Waals surface area contributed by atoms with Gasteiger partial charge in [-0.15, -0.1) is 92.3 Å². The number of hydrogen-bond acceptors (Lipinski definition) is 13. The molecule has 0 saturated carbocycles. The van der Waals surface area contributed by atoms with Crippen LogP contribution in [-0.4, -0.2) is 53.1 Å². The predicted molar refractivity (Wildman–Crippen MR) is 404 cm³/mol. The summed E-state index contributed by atoms with van der Waals surface area (Å²) in [6, 6.07) is 57.2. The van der Waals surface area contributed by atoms with E-state index < -0.39 is 23.5 Å². The SMILES string of the molecule is Cc1cc(C)c(-c2cc(N3[CH-]N(C)c4cccnc43)[c-]c(N3[CH-]N(C)c4cccnc43)c2)c(C)c1.Cc1cc(C)c(-c2cc(N3[CH-]N(C)c4cccnc43)[c-]c(N3[CH-]N(C)c4cccnc43)c2)c(C)c1.FC(F)(F)c1ccc2[n-]c3ccc(C(F)(F)F)cc3c2c1.[Pt+4].[Pt+4].c1ccc2c(c1)[n-]c1cnccc12. The monoisotopic (exact) mass is 1780 g/mol. The number of para-hydroxylation sites is 1. The van der Waals surface area contributed by atoms with Crippen molar-refractivity contribution in [3.8, 4) is 22.3 Å². The fourth-order valence-corrected chi connectivity index (χ4v) is 14.2. The summed E-state index contributed by atoms with van der Waals surface area (Å²) in [5.74, 6) is 3.58. The molecule has 7 aromatic heterocycles. The summed E-state index contributed by atoms with van der Waals surface area (Å²) in [7, 11) is 8.18. The molecule has 4 aliphatic heterocycles. The Bertz CT molecular complexity index is 5100. The summed E-state index contributed by atoms with van der Waals surface area (Å²) in [6.45, 7) is 21.3. The van der Waals surface area contributed by atoms with Crippen LogP contribution in [0.25, 0.3) is 65.9 Å². The number of rotatable bonds is 6. The molecule has 0 N–H and O–H groups in total. The fraction of sp³-hybridized carbons (Fsp3) is 0.145. The van der Waals surface area contributed by atoms with Crippen LogP contribution in [-0.2, 0) is 54.5 Å². The Labute approximate surface area is 639 Å². The number of hydrogen-bond donors (Lipinski definition) is 0. The Kier molecular flexibility index (Phi) is 20.3. The molecule has 0 bridgehead atoms. The second kappa shape index (κ2) is 29.3. The fourth-order valence-electron chi connectivity index (χ4n) is 14.2. The summed E-state index contributed by atoms with van der Waals surface area (Å²) < 4.78 is 76.1. The molecule has 0 aliphatic carbocycles. The molecule has 0 unspecified atom stereocenters. The van der Waals surface area contributed by atoms with E-state index in [0.29, 0.717) is 0 Å². The van der Waals surface area contributed by atoms with E-state index in [2.05, 4.69) is 233 Å². The van der Waals surface area contributed by atoms with Gasteiger partial charge in [-0.25, -0.2) is 19.9 Å². The molecule has 0 amide bonds. The Balaban J connectivity index is 0.000000131. The maximum Gasteiger partial charge on any atom is 4.00 e. The van der Waals surface area contributed by atoms with Crippen molar-refractivity contribution in [1.82, 2.24) is 34.9 Å². The van der Waals surface area contributed by atoms with Gasteiger partial charge < -0.3 is 49.2 Å². The minimum Gasteiger partial charge on any atom is -0.657 e. The van der Waals surface area contributed by atoms with Gasteiger partial charge in [-0.3, -0.25) is 4.98 Å². The molecule has 14 aromatic rings. The molecule has 0 saturated heterocycles. The maximum atomic E-state index is 12.7. The number of alkyl halides is 6. The number of aryl methyl sites for hydroxylation is 6. The van der Waals surface area contributed by atoms with Crippen molar-refractivity contribution in [1.29, 1.82) is 0 Å². The summed E-state index contributed by atoms with van der Waals surface area (Å²) in [5, 5.41) is 2.52. The third-order valence-corrected chi connectivity index (χ3v) is 18.7. The Morgan fingerprint density at radius 2 is 0.670 bits per heavy atom. The number of fused-ring (bicyclic) bond motifs is 10. The van der Waals surface area contributed by atoms with Crippen molar-refractivity contribution >= 4 is 112 Å². The minimum absolute atomic E-state index is 0. The molecule has 536 valence electrons. The van der Waals surface area contributed by atoms with Crippen molar-refractivity contribution < 1.29 is 68.5 Å². The van der Waals surface area contributed by atoms with E-state index in [0.717, 1.165) is 127 Å². The van der Waals surface area contributed by atoms with Gasteiger partial charge in [-0.1, -0.05) is 83.9 Å². The Morgan fingerprint density at radius 1 is 0.349 bits per heavy atom. The van der Waals surface area contributed by atoms with Gasteiger partial charge in [0.1, 0.15) is 23.3 Å². The van der Waals surface area contributed by atoms with E-state index in [1.165, 1.54) is 55.3 Å². The minimum atomic E-state index is -4.56. The van der Waals surface area contributed by atoms with Crippen LogP contribution in [0.1, 0.15) is 44.5 Å². The first-order chi connectivity index (χ1) is 49.9. The van der Waals surface area contributed by atoms with Gasteiger partial charge in [-0.05, 0) is 191 Å². The molecular formula is C83H67F6N15Pt2. The standard InChI is InChI=1S/2C29H27N6.C14H6F6N.C11H7N2.2Pt/c2*1-19-12-20(2)27(21(3)13-19)22-14-23(34-17-32(4)25-8-6-10-30-28(25)34)16-24(15-22)35-18-33(5)26-9-7-11-31-29(26)35;15-13(16,17)7-1-3-11-9(5-7)10-6-8(14(18,19)20)2-4-12(10)21-11;1-2-4-10-8(3-1)9-5-6-12-7-11(9)13-10;;/h2*6-15,17-18H,1-5H3;1-6H;1-7H;;/q2*-3;2*-1;2*+4. The second-order valence-corrected chi connectivity index (χ2v) is 26.2. The number of nitrogens with zero attached hydrogens (tertiary/aromatic N) is 15. The van der Waals surface area contributed by atoms with E-state index >= 15 is 0 Å². The van der Waals surface area contributed by atoms with E-state index in [4.69, 9.17) is 0 Å². The third-order valence-electron chi connectivity index (χ3n) is 18.7. The van der Waals surface area contributed by atoms with Crippen LogP contribution in [0.3, 0.4) is 0 Å². The molecule has 0 atom stereocenters. The van der Waals surface area contributed by atoms with E-state index in [1.54, 1.807) is 12.4 Å². The topological polar surface area (TPSA) is 119 Å². The molecule has 106 heavy (non-hydrogen) atoms. The van der Waals surface area contributed by atoms with Gasteiger partial charge in [0.25, 0.3) is 0 Å². The van der Waals surface area contributed by atoms with Crippen molar-refractivity contribution in [3.63, 3.8) is 0 Å². The van der Waals surface area contributed by atoms with Crippen LogP contribution < -0.4 is 49.2 Å². The van der Waals surface area contributed by atoms with Crippen molar-refractivity contribution in [3.05, 3.63) is 284 Å². The zero-order chi connectivity index (χ0) is 72.6. The van der Waals surface area contributed by atoms with Crippen molar-refractivity contribution in [2.45, 2.75) is 53.9 Å². The average molecular weight is 1780 g/mol. The molecule has 15 nitrogen and oxygen atoms in total. The molecule has 4 aliphatic rings. The molecule has 7 aromatic carbocycles. The summed E-state index contributed by atoms with van der Waals surface area (Å²) >= 11 is 0.